The number of nitrogens with zero attached hydrogens (tertiary/aromatic N) is 1. The number of imide groups is 1. The lowest BCUT2D eigenvalue weighted by Gasteiger charge is -2.51. The summed E-state index contributed by atoms with van der Waals surface area (Å²) < 4.78 is -0.733. The molecule has 4 aromatic carbocycles. The predicted octanol–water partition coefficient (Wildman–Crippen LogP) is 6.26. The molecule has 0 radical (unpaired) electrons. The minimum atomic E-state index is -0.733. The standard InChI is InChI=1S/C30H20BrNO2/c31-30-22-15-7-4-13-20(22)25(21-14-5-8-16-23(21)30)26-27(30)29(34)32(28(26)33)24-17-9-6-12-19(24)18-10-2-1-3-11-18/h1-17,25-27H/t25?,26-,27+,30?/m1/s1. The van der Waals surface area contributed by atoms with Gasteiger partial charge in [0.15, 0.2) is 0 Å². The summed E-state index contributed by atoms with van der Waals surface area (Å²) in [5.74, 6) is -1.33. The second-order valence-electron chi connectivity index (χ2n) is 9.26. The number of hydrogen-bond donors (Lipinski definition) is 0. The molecule has 0 saturated carbocycles. The molecule has 0 spiro atoms. The van der Waals surface area contributed by atoms with Crippen LogP contribution in [0, 0.1) is 11.8 Å². The van der Waals surface area contributed by atoms with Gasteiger partial charge in [0, 0.05) is 11.5 Å². The third kappa shape index (κ3) is 2.36. The minimum Gasteiger partial charge on any atom is -0.274 e. The normalized spacial score (nSPS) is 26.3. The molecule has 1 saturated heterocycles. The first kappa shape index (κ1) is 19.9. The number of alkyl halides is 1. The summed E-state index contributed by atoms with van der Waals surface area (Å²) in [5.41, 5.74) is 6.99. The highest BCUT2D eigenvalue weighted by atomic mass is 79.9. The number of benzene rings is 4. The number of amides is 2. The third-order valence-electron chi connectivity index (χ3n) is 7.74. The smallest absolute Gasteiger partial charge is 0.239 e. The Labute approximate surface area is 206 Å². The first-order valence-corrected chi connectivity index (χ1v) is 12.3. The molecule has 4 heteroatoms. The van der Waals surface area contributed by atoms with Crippen molar-refractivity contribution >= 4 is 33.4 Å². The summed E-state index contributed by atoms with van der Waals surface area (Å²) in [6, 6.07) is 34.2. The van der Waals surface area contributed by atoms with Gasteiger partial charge in [0.2, 0.25) is 11.8 Å². The van der Waals surface area contributed by atoms with E-state index in [2.05, 4.69) is 40.2 Å². The molecule has 4 aromatic rings. The summed E-state index contributed by atoms with van der Waals surface area (Å²) in [5, 5.41) is 0. The monoisotopic (exact) mass is 505 g/mol. The summed E-state index contributed by atoms with van der Waals surface area (Å²) in [4.78, 5) is 29.9. The molecular formula is C30H20BrNO2. The number of halogens is 1. The fraction of sp³-hybridized carbons (Fsp3) is 0.133. The van der Waals surface area contributed by atoms with E-state index in [1.807, 2.05) is 78.9 Å². The van der Waals surface area contributed by atoms with Crippen molar-refractivity contribution in [1.29, 1.82) is 0 Å². The number of carbonyl (C=O) groups is 2. The summed E-state index contributed by atoms with van der Waals surface area (Å²) in [6.45, 7) is 0. The van der Waals surface area contributed by atoms with Gasteiger partial charge in [-0.1, -0.05) is 113 Å². The molecule has 1 fully saturated rings. The third-order valence-corrected chi connectivity index (χ3v) is 9.09. The lowest BCUT2D eigenvalue weighted by atomic mass is 9.55. The van der Waals surface area contributed by atoms with E-state index in [1.54, 1.807) is 0 Å². The molecule has 2 bridgehead atoms. The molecular weight excluding hydrogens is 486 g/mol. The van der Waals surface area contributed by atoms with Gasteiger partial charge in [0.1, 0.15) is 0 Å². The molecule has 0 unspecified atom stereocenters. The molecule has 2 amide bonds. The van der Waals surface area contributed by atoms with Crippen molar-refractivity contribution in [2.75, 3.05) is 4.90 Å². The highest BCUT2D eigenvalue weighted by molar-refractivity contribution is 9.09. The van der Waals surface area contributed by atoms with Crippen LogP contribution in [0.25, 0.3) is 11.1 Å². The number of para-hydroxylation sites is 1. The Morgan fingerprint density at radius 1 is 0.647 bits per heavy atom. The Hall–Kier alpha value is -3.50. The fourth-order valence-electron chi connectivity index (χ4n) is 6.45. The maximum absolute atomic E-state index is 14.2. The average molecular weight is 506 g/mol. The molecule has 3 aliphatic carbocycles. The molecule has 164 valence electrons. The van der Waals surface area contributed by atoms with Crippen LogP contribution in [-0.2, 0) is 13.9 Å². The SMILES string of the molecule is O=C1[C@@H]2C3c4ccccc4C(Br)(c4ccccc43)[C@@H]2C(=O)N1c1ccccc1-c1ccccc1. The maximum Gasteiger partial charge on any atom is 0.239 e. The molecule has 0 N–H and O–H groups in total. The Morgan fingerprint density at radius 2 is 1.21 bits per heavy atom. The Morgan fingerprint density at radius 3 is 1.88 bits per heavy atom. The zero-order valence-corrected chi connectivity index (χ0v) is 19.8. The molecule has 2 atom stereocenters. The van der Waals surface area contributed by atoms with Crippen molar-refractivity contribution in [2.24, 2.45) is 11.8 Å². The lowest BCUT2D eigenvalue weighted by Crippen LogP contribution is -2.50. The number of carbonyl (C=O) groups excluding carboxylic acids is 2. The highest BCUT2D eigenvalue weighted by Crippen LogP contribution is 2.66. The lowest BCUT2D eigenvalue weighted by molar-refractivity contribution is -0.122. The average Bonchev–Trinajstić information content (AvgIpc) is 3.16. The first-order chi connectivity index (χ1) is 16.6. The van der Waals surface area contributed by atoms with Gasteiger partial charge in [-0.3, -0.25) is 9.59 Å². The maximum atomic E-state index is 14.2. The summed E-state index contributed by atoms with van der Waals surface area (Å²) >= 11 is 4.07. The van der Waals surface area contributed by atoms with Crippen LogP contribution in [0.4, 0.5) is 5.69 Å². The second-order valence-corrected chi connectivity index (χ2v) is 10.5. The van der Waals surface area contributed by atoms with Crippen LogP contribution in [0.1, 0.15) is 28.2 Å². The zero-order chi connectivity index (χ0) is 23.0. The van der Waals surface area contributed by atoms with Crippen LogP contribution in [0.15, 0.2) is 103 Å². The van der Waals surface area contributed by atoms with Crippen LogP contribution in [0.2, 0.25) is 0 Å². The van der Waals surface area contributed by atoms with Gasteiger partial charge >= 0.3 is 0 Å². The van der Waals surface area contributed by atoms with E-state index in [4.69, 9.17) is 0 Å². The molecule has 3 nitrogen and oxygen atoms in total. The van der Waals surface area contributed by atoms with E-state index in [1.165, 1.54) is 4.90 Å². The summed E-state index contributed by atoms with van der Waals surface area (Å²) in [6.07, 6.45) is 0. The predicted molar refractivity (Wildman–Crippen MR) is 136 cm³/mol. The van der Waals surface area contributed by atoms with Crippen molar-refractivity contribution in [2.45, 2.75) is 10.2 Å². The van der Waals surface area contributed by atoms with E-state index in [0.29, 0.717) is 5.69 Å². The van der Waals surface area contributed by atoms with Crippen molar-refractivity contribution in [3.8, 4) is 11.1 Å². The quantitative estimate of drug-likeness (QED) is 0.238. The minimum absolute atomic E-state index is 0.115. The molecule has 8 rings (SSSR count). The zero-order valence-electron chi connectivity index (χ0n) is 18.2. The molecule has 4 aliphatic rings. The second kappa shape index (κ2) is 7.00. The Kier molecular flexibility index (Phi) is 4.10. The Bertz CT molecular complexity index is 1450. The van der Waals surface area contributed by atoms with Crippen LogP contribution in [0.3, 0.4) is 0 Å². The fourth-order valence-corrected chi connectivity index (χ4v) is 7.65. The van der Waals surface area contributed by atoms with E-state index in [-0.39, 0.29) is 17.7 Å². The van der Waals surface area contributed by atoms with Crippen molar-refractivity contribution < 1.29 is 9.59 Å². The first-order valence-electron chi connectivity index (χ1n) is 11.5. The molecule has 34 heavy (non-hydrogen) atoms. The number of hydrogen-bond acceptors (Lipinski definition) is 2. The Balaban J connectivity index is 1.46. The van der Waals surface area contributed by atoms with Crippen LogP contribution >= 0.6 is 15.9 Å². The topological polar surface area (TPSA) is 37.4 Å². The molecule has 0 aromatic heterocycles. The van der Waals surface area contributed by atoms with Gasteiger partial charge in [-0.25, -0.2) is 4.90 Å². The van der Waals surface area contributed by atoms with Gasteiger partial charge in [0.05, 0.1) is 21.8 Å². The van der Waals surface area contributed by atoms with E-state index in [0.717, 1.165) is 33.4 Å². The van der Waals surface area contributed by atoms with Crippen molar-refractivity contribution in [3.05, 3.63) is 125 Å². The van der Waals surface area contributed by atoms with Crippen molar-refractivity contribution in [3.63, 3.8) is 0 Å². The van der Waals surface area contributed by atoms with Gasteiger partial charge in [0.25, 0.3) is 0 Å². The van der Waals surface area contributed by atoms with E-state index in [9.17, 15) is 9.59 Å². The number of anilines is 1. The van der Waals surface area contributed by atoms with Gasteiger partial charge in [-0.15, -0.1) is 0 Å². The van der Waals surface area contributed by atoms with E-state index >= 15 is 0 Å². The molecule has 1 aliphatic heterocycles. The largest absolute Gasteiger partial charge is 0.274 e. The van der Waals surface area contributed by atoms with Crippen LogP contribution < -0.4 is 4.90 Å². The number of rotatable bonds is 2. The van der Waals surface area contributed by atoms with E-state index < -0.39 is 16.2 Å². The van der Waals surface area contributed by atoms with Gasteiger partial charge in [-0.05, 0) is 33.9 Å². The van der Waals surface area contributed by atoms with Crippen LogP contribution in [-0.4, -0.2) is 11.8 Å². The van der Waals surface area contributed by atoms with Gasteiger partial charge in [-0.2, -0.15) is 0 Å². The van der Waals surface area contributed by atoms with Crippen molar-refractivity contribution in [1.82, 2.24) is 0 Å². The van der Waals surface area contributed by atoms with Gasteiger partial charge < -0.3 is 0 Å². The highest BCUT2D eigenvalue weighted by Gasteiger charge is 2.67. The summed E-state index contributed by atoms with van der Waals surface area (Å²) in [7, 11) is 0. The molecule has 1 heterocycles. The van der Waals surface area contributed by atoms with Crippen LogP contribution in [0.5, 0.6) is 0 Å².